The van der Waals surface area contributed by atoms with Gasteiger partial charge in [0.15, 0.2) is 0 Å². The summed E-state index contributed by atoms with van der Waals surface area (Å²) in [5.41, 5.74) is 2.67. The van der Waals surface area contributed by atoms with Crippen LogP contribution in [0.5, 0.6) is 0 Å². The summed E-state index contributed by atoms with van der Waals surface area (Å²) < 4.78 is 0. The topological polar surface area (TPSA) is 29.1 Å². The highest BCUT2D eigenvalue weighted by molar-refractivity contribution is 6.33. The molecule has 1 aromatic rings. The van der Waals surface area contributed by atoms with Gasteiger partial charge in [-0.25, -0.2) is 0 Å². The van der Waals surface area contributed by atoms with Crippen molar-refractivity contribution in [3.05, 3.63) is 40.4 Å². The highest BCUT2D eigenvalue weighted by Crippen LogP contribution is 2.22. The molecule has 80 valence electrons. The van der Waals surface area contributed by atoms with Gasteiger partial charge in [-0.3, -0.25) is 4.79 Å². The van der Waals surface area contributed by atoms with Gasteiger partial charge in [-0.05, 0) is 38.5 Å². The number of aryl methyl sites for hydroxylation is 1. The Morgan fingerprint density at radius 2 is 2.07 bits per heavy atom. The van der Waals surface area contributed by atoms with Gasteiger partial charge in [0.2, 0.25) is 5.91 Å². The second-order valence-corrected chi connectivity index (χ2v) is 4.10. The van der Waals surface area contributed by atoms with Crippen LogP contribution in [0.15, 0.2) is 29.8 Å². The van der Waals surface area contributed by atoms with E-state index in [4.69, 9.17) is 11.6 Å². The molecule has 0 aliphatic carbocycles. The van der Waals surface area contributed by atoms with Gasteiger partial charge in [-0.1, -0.05) is 23.2 Å². The molecule has 0 atom stereocenters. The van der Waals surface area contributed by atoms with E-state index < -0.39 is 0 Å². The molecule has 0 unspecified atom stereocenters. The first-order chi connectivity index (χ1) is 6.99. The van der Waals surface area contributed by atoms with E-state index in [-0.39, 0.29) is 5.91 Å². The molecular weight excluding hydrogens is 210 g/mol. The molecule has 1 rings (SSSR count). The van der Waals surface area contributed by atoms with Gasteiger partial charge in [-0.2, -0.15) is 0 Å². The Morgan fingerprint density at radius 1 is 1.40 bits per heavy atom. The number of carbonyl (C=O) groups excluding carboxylic acids is 1. The van der Waals surface area contributed by atoms with Crippen LogP contribution >= 0.6 is 11.6 Å². The fourth-order valence-electron chi connectivity index (χ4n) is 1.17. The van der Waals surface area contributed by atoms with Gasteiger partial charge in [0, 0.05) is 6.08 Å². The predicted molar refractivity (Wildman–Crippen MR) is 64.2 cm³/mol. The Kier molecular flexibility index (Phi) is 3.92. The zero-order valence-corrected chi connectivity index (χ0v) is 9.85. The summed E-state index contributed by atoms with van der Waals surface area (Å²) in [6.45, 7) is 5.70. The first-order valence-corrected chi connectivity index (χ1v) is 5.09. The molecule has 0 spiro atoms. The molecule has 0 aliphatic heterocycles. The smallest absolute Gasteiger partial charge is 0.248 e. The molecule has 0 saturated carbocycles. The van der Waals surface area contributed by atoms with Crippen LogP contribution in [0.3, 0.4) is 0 Å². The number of amides is 1. The Labute approximate surface area is 94.9 Å². The lowest BCUT2D eigenvalue weighted by molar-refractivity contribution is -0.111. The lowest BCUT2D eigenvalue weighted by Crippen LogP contribution is -2.08. The molecule has 0 radical (unpaired) electrons. The molecule has 3 heteroatoms. The van der Waals surface area contributed by atoms with Crippen molar-refractivity contribution in [2.75, 3.05) is 5.32 Å². The number of allylic oxidation sites excluding steroid dienone is 1. The fourth-order valence-corrected chi connectivity index (χ4v) is 1.33. The van der Waals surface area contributed by atoms with Crippen molar-refractivity contribution in [2.45, 2.75) is 20.8 Å². The van der Waals surface area contributed by atoms with E-state index in [0.717, 1.165) is 11.1 Å². The fraction of sp³-hybridized carbons (Fsp3) is 0.250. The van der Waals surface area contributed by atoms with Gasteiger partial charge in [0.1, 0.15) is 0 Å². The monoisotopic (exact) mass is 223 g/mol. The van der Waals surface area contributed by atoms with Crippen LogP contribution in [-0.4, -0.2) is 5.91 Å². The quantitative estimate of drug-likeness (QED) is 0.764. The van der Waals surface area contributed by atoms with Crippen LogP contribution in [0.2, 0.25) is 5.02 Å². The number of rotatable bonds is 2. The zero-order valence-electron chi connectivity index (χ0n) is 9.10. The lowest BCUT2D eigenvalue weighted by atomic mass is 10.2. The van der Waals surface area contributed by atoms with Crippen molar-refractivity contribution >= 4 is 23.2 Å². The Morgan fingerprint density at radius 3 is 2.67 bits per heavy atom. The number of carbonyl (C=O) groups is 1. The summed E-state index contributed by atoms with van der Waals surface area (Å²) in [6, 6.07) is 5.52. The normalized spacial score (nSPS) is 9.60. The molecule has 0 aromatic heterocycles. The molecule has 0 bridgehead atoms. The highest BCUT2D eigenvalue weighted by Gasteiger charge is 2.03. The Balaban J connectivity index is 2.85. The summed E-state index contributed by atoms with van der Waals surface area (Å²) >= 11 is 5.94. The maximum absolute atomic E-state index is 11.4. The van der Waals surface area contributed by atoms with E-state index in [0.29, 0.717) is 10.7 Å². The SMILES string of the molecule is CC(C)=CC(=O)Nc1cc(C)ccc1Cl. The molecule has 1 amide bonds. The first-order valence-electron chi connectivity index (χ1n) is 4.71. The zero-order chi connectivity index (χ0) is 11.4. The third kappa shape index (κ3) is 3.76. The maximum atomic E-state index is 11.4. The number of halogens is 1. The van der Waals surface area contributed by atoms with Crippen molar-refractivity contribution in [1.29, 1.82) is 0 Å². The highest BCUT2D eigenvalue weighted by atomic mass is 35.5. The average molecular weight is 224 g/mol. The van der Waals surface area contributed by atoms with Crippen LogP contribution in [0.1, 0.15) is 19.4 Å². The van der Waals surface area contributed by atoms with Crippen molar-refractivity contribution < 1.29 is 4.79 Å². The van der Waals surface area contributed by atoms with Crippen LogP contribution in [0.4, 0.5) is 5.69 Å². The number of nitrogens with one attached hydrogen (secondary N) is 1. The van der Waals surface area contributed by atoms with E-state index in [9.17, 15) is 4.79 Å². The molecule has 0 heterocycles. The molecule has 1 N–H and O–H groups in total. The second-order valence-electron chi connectivity index (χ2n) is 3.69. The van der Waals surface area contributed by atoms with E-state index in [1.165, 1.54) is 0 Å². The van der Waals surface area contributed by atoms with E-state index >= 15 is 0 Å². The Hall–Kier alpha value is -1.28. The van der Waals surface area contributed by atoms with Crippen molar-refractivity contribution in [2.24, 2.45) is 0 Å². The summed E-state index contributed by atoms with van der Waals surface area (Å²) in [7, 11) is 0. The second kappa shape index (κ2) is 4.99. The van der Waals surface area contributed by atoms with Gasteiger partial charge < -0.3 is 5.32 Å². The standard InChI is InChI=1S/C12H14ClNO/c1-8(2)6-12(15)14-11-7-9(3)4-5-10(11)13/h4-7H,1-3H3,(H,14,15). The predicted octanol–water partition coefficient (Wildman–Crippen LogP) is 3.55. The maximum Gasteiger partial charge on any atom is 0.248 e. The summed E-state index contributed by atoms with van der Waals surface area (Å²) in [5, 5.41) is 3.29. The Bertz CT molecular complexity index is 406. The van der Waals surface area contributed by atoms with Gasteiger partial charge in [-0.15, -0.1) is 0 Å². The van der Waals surface area contributed by atoms with Crippen LogP contribution in [0, 0.1) is 6.92 Å². The van der Waals surface area contributed by atoms with Crippen LogP contribution in [0.25, 0.3) is 0 Å². The molecule has 0 fully saturated rings. The van der Waals surface area contributed by atoms with Crippen molar-refractivity contribution in [3.8, 4) is 0 Å². The minimum Gasteiger partial charge on any atom is -0.321 e. The molecule has 15 heavy (non-hydrogen) atoms. The minimum absolute atomic E-state index is 0.150. The van der Waals surface area contributed by atoms with E-state index in [2.05, 4.69) is 5.32 Å². The molecule has 0 saturated heterocycles. The van der Waals surface area contributed by atoms with Crippen molar-refractivity contribution in [1.82, 2.24) is 0 Å². The number of hydrogen-bond acceptors (Lipinski definition) is 1. The molecule has 1 aromatic carbocycles. The van der Waals surface area contributed by atoms with Crippen molar-refractivity contribution in [3.63, 3.8) is 0 Å². The third-order valence-corrected chi connectivity index (χ3v) is 2.13. The van der Waals surface area contributed by atoms with Crippen LogP contribution in [-0.2, 0) is 4.79 Å². The number of hydrogen-bond donors (Lipinski definition) is 1. The number of benzene rings is 1. The average Bonchev–Trinajstić information content (AvgIpc) is 2.10. The lowest BCUT2D eigenvalue weighted by Gasteiger charge is -2.06. The van der Waals surface area contributed by atoms with Gasteiger partial charge in [0.25, 0.3) is 0 Å². The van der Waals surface area contributed by atoms with E-state index in [1.54, 1.807) is 12.1 Å². The first kappa shape index (κ1) is 11.8. The van der Waals surface area contributed by atoms with Crippen LogP contribution < -0.4 is 5.32 Å². The summed E-state index contributed by atoms with van der Waals surface area (Å²) in [5.74, 6) is -0.150. The summed E-state index contributed by atoms with van der Waals surface area (Å²) in [4.78, 5) is 11.4. The largest absolute Gasteiger partial charge is 0.321 e. The number of anilines is 1. The molecule has 0 aliphatic rings. The van der Waals surface area contributed by atoms with Gasteiger partial charge in [0.05, 0.1) is 10.7 Å². The molecular formula is C12H14ClNO. The van der Waals surface area contributed by atoms with E-state index in [1.807, 2.05) is 32.9 Å². The third-order valence-electron chi connectivity index (χ3n) is 1.80. The minimum atomic E-state index is -0.150. The summed E-state index contributed by atoms with van der Waals surface area (Å²) in [6.07, 6.45) is 1.54. The molecule has 2 nitrogen and oxygen atoms in total. The van der Waals surface area contributed by atoms with Gasteiger partial charge >= 0.3 is 0 Å².